The van der Waals surface area contributed by atoms with E-state index >= 15 is 0 Å². The summed E-state index contributed by atoms with van der Waals surface area (Å²) >= 11 is 6.01. The van der Waals surface area contributed by atoms with E-state index in [0.717, 1.165) is 0 Å². The summed E-state index contributed by atoms with van der Waals surface area (Å²) in [7, 11) is -3.70. The van der Waals surface area contributed by atoms with Gasteiger partial charge in [-0.1, -0.05) is 29.8 Å². The summed E-state index contributed by atoms with van der Waals surface area (Å²) in [6, 6.07) is 19.3. The molecule has 1 heterocycles. The molecule has 6 nitrogen and oxygen atoms in total. The predicted molar refractivity (Wildman–Crippen MR) is 120 cm³/mol. The number of ether oxygens (including phenoxy) is 1. The van der Waals surface area contributed by atoms with Crippen LogP contribution in [-0.4, -0.2) is 38.9 Å². The fraction of sp³-hybridized carbons (Fsp3) is 0.174. The summed E-state index contributed by atoms with van der Waals surface area (Å²) in [5.74, 6) is 0.352. The third-order valence-corrected chi connectivity index (χ3v) is 7.44. The monoisotopic (exact) mass is 471 g/mol. The highest BCUT2D eigenvalue weighted by molar-refractivity contribution is 7.89. The van der Waals surface area contributed by atoms with Crippen molar-refractivity contribution in [3.05, 3.63) is 83.1 Å². The number of para-hydroxylation sites is 1. The van der Waals surface area contributed by atoms with E-state index in [1.165, 1.54) is 34.6 Å². The molecule has 0 aromatic heterocycles. The number of rotatable bonds is 5. The first kappa shape index (κ1) is 22.1. The second-order valence-electron chi connectivity index (χ2n) is 7.14. The molecule has 0 saturated carbocycles. The van der Waals surface area contributed by atoms with Gasteiger partial charge in [-0.15, -0.1) is 0 Å². The highest BCUT2D eigenvalue weighted by Crippen LogP contribution is 2.31. The third kappa shape index (κ3) is 4.41. The lowest BCUT2D eigenvalue weighted by Crippen LogP contribution is -2.48. The first-order chi connectivity index (χ1) is 15.4. The van der Waals surface area contributed by atoms with Crippen molar-refractivity contribution in [3.63, 3.8) is 0 Å². The Labute approximate surface area is 191 Å². The Kier molecular flexibility index (Phi) is 6.33. The molecule has 1 saturated heterocycles. The molecular formula is C23H19ClFN3O3S. The second-order valence-corrected chi connectivity index (χ2v) is 9.49. The molecule has 164 valence electrons. The molecule has 3 aromatic rings. The maximum atomic E-state index is 14.0. The van der Waals surface area contributed by atoms with Crippen molar-refractivity contribution in [1.82, 2.24) is 4.31 Å². The van der Waals surface area contributed by atoms with Crippen LogP contribution in [0.4, 0.5) is 10.1 Å². The van der Waals surface area contributed by atoms with Crippen molar-refractivity contribution in [1.29, 1.82) is 5.26 Å². The van der Waals surface area contributed by atoms with E-state index in [4.69, 9.17) is 16.3 Å². The van der Waals surface area contributed by atoms with Crippen molar-refractivity contribution < 1.29 is 17.5 Å². The van der Waals surface area contributed by atoms with Gasteiger partial charge in [-0.3, -0.25) is 0 Å². The van der Waals surface area contributed by atoms with Crippen molar-refractivity contribution in [2.75, 3.05) is 31.1 Å². The van der Waals surface area contributed by atoms with Gasteiger partial charge in [-0.25, -0.2) is 12.8 Å². The van der Waals surface area contributed by atoms with Gasteiger partial charge in [0.2, 0.25) is 10.0 Å². The van der Waals surface area contributed by atoms with Crippen LogP contribution in [0.1, 0.15) is 5.56 Å². The number of nitriles is 1. The fourth-order valence-corrected chi connectivity index (χ4v) is 5.16. The molecule has 1 aliphatic heterocycles. The maximum absolute atomic E-state index is 14.0. The van der Waals surface area contributed by atoms with Crippen molar-refractivity contribution >= 4 is 27.3 Å². The van der Waals surface area contributed by atoms with Gasteiger partial charge in [0.1, 0.15) is 28.9 Å². The highest BCUT2D eigenvalue weighted by atomic mass is 35.5. The molecule has 0 N–H and O–H groups in total. The van der Waals surface area contributed by atoms with Crippen LogP contribution in [0.2, 0.25) is 5.02 Å². The highest BCUT2D eigenvalue weighted by Gasteiger charge is 2.29. The maximum Gasteiger partial charge on any atom is 0.243 e. The van der Waals surface area contributed by atoms with Crippen LogP contribution in [0.25, 0.3) is 0 Å². The third-order valence-electron chi connectivity index (χ3n) is 5.21. The molecular weight excluding hydrogens is 453 g/mol. The number of sulfonamides is 1. The minimum absolute atomic E-state index is 0.135. The lowest BCUT2D eigenvalue weighted by molar-refractivity contribution is 0.383. The average molecular weight is 472 g/mol. The van der Waals surface area contributed by atoms with Gasteiger partial charge in [0.15, 0.2) is 0 Å². The van der Waals surface area contributed by atoms with Crippen LogP contribution in [0.3, 0.4) is 0 Å². The summed E-state index contributed by atoms with van der Waals surface area (Å²) in [6.45, 7) is 1.30. The topological polar surface area (TPSA) is 73.6 Å². The van der Waals surface area contributed by atoms with Gasteiger partial charge >= 0.3 is 0 Å². The molecule has 1 fully saturated rings. The normalized spacial score (nSPS) is 14.7. The number of piperazine rings is 1. The van der Waals surface area contributed by atoms with E-state index in [-0.39, 0.29) is 34.4 Å². The second kappa shape index (κ2) is 9.17. The SMILES string of the molecule is N#Cc1c(Cl)cccc1Oc1ccc(S(=O)(=O)N2CCN(c3ccccc3F)CC2)cc1. The minimum Gasteiger partial charge on any atom is -0.456 e. The van der Waals surface area contributed by atoms with E-state index < -0.39 is 10.0 Å². The van der Waals surface area contributed by atoms with Crippen molar-refractivity contribution in [2.45, 2.75) is 4.90 Å². The van der Waals surface area contributed by atoms with Gasteiger partial charge in [-0.05, 0) is 48.5 Å². The van der Waals surface area contributed by atoms with E-state index in [1.807, 2.05) is 11.0 Å². The number of hydrogen-bond donors (Lipinski definition) is 0. The van der Waals surface area contributed by atoms with Gasteiger partial charge in [0, 0.05) is 26.2 Å². The summed E-state index contributed by atoms with van der Waals surface area (Å²) in [5.41, 5.74) is 0.683. The molecule has 0 atom stereocenters. The van der Waals surface area contributed by atoms with E-state index in [0.29, 0.717) is 30.3 Å². The molecule has 1 aliphatic rings. The number of hydrogen-bond acceptors (Lipinski definition) is 5. The minimum atomic E-state index is -3.70. The molecule has 0 amide bonds. The first-order valence-corrected chi connectivity index (χ1v) is 11.7. The lowest BCUT2D eigenvalue weighted by Gasteiger charge is -2.35. The van der Waals surface area contributed by atoms with Crippen LogP contribution in [0.5, 0.6) is 11.5 Å². The molecule has 4 rings (SSSR count). The number of nitrogens with zero attached hydrogens (tertiary/aromatic N) is 3. The molecule has 0 bridgehead atoms. The van der Waals surface area contributed by atoms with E-state index in [2.05, 4.69) is 0 Å². The summed E-state index contributed by atoms with van der Waals surface area (Å²) in [4.78, 5) is 1.98. The lowest BCUT2D eigenvalue weighted by atomic mass is 10.2. The Morgan fingerprint density at radius 2 is 1.62 bits per heavy atom. The van der Waals surface area contributed by atoms with Gasteiger partial charge < -0.3 is 9.64 Å². The molecule has 0 aliphatic carbocycles. The standard InChI is InChI=1S/C23H19ClFN3O3S/c24-20-4-3-7-23(19(20)16-26)31-17-8-10-18(11-9-17)32(29,30)28-14-12-27(13-15-28)22-6-2-1-5-21(22)25/h1-11H,12-15H2. The van der Waals surface area contributed by atoms with E-state index in [1.54, 1.807) is 36.4 Å². The summed E-state index contributed by atoms with van der Waals surface area (Å²) < 4.78 is 47.2. The largest absolute Gasteiger partial charge is 0.456 e. The Morgan fingerprint density at radius 1 is 0.938 bits per heavy atom. The quantitative estimate of drug-likeness (QED) is 0.541. The number of halogens is 2. The van der Waals surface area contributed by atoms with Gasteiger partial charge in [0.25, 0.3) is 0 Å². The zero-order valence-electron chi connectivity index (χ0n) is 16.9. The Morgan fingerprint density at radius 3 is 2.28 bits per heavy atom. The van der Waals surface area contributed by atoms with Gasteiger partial charge in [0.05, 0.1) is 15.6 Å². The molecule has 9 heteroatoms. The number of benzene rings is 3. The molecule has 0 unspecified atom stereocenters. The Hall–Kier alpha value is -3.12. The zero-order valence-corrected chi connectivity index (χ0v) is 18.5. The van der Waals surface area contributed by atoms with Crippen molar-refractivity contribution in [2.24, 2.45) is 0 Å². The van der Waals surface area contributed by atoms with Crippen molar-refractivity contribution in [3.8, 4) is 17.6 Å². The molecule has 0 spiro atoms. The van der Waals surface area contributed by atoms with Crippen LogP contribution in [-0.2, 0) is 10.0 Å². The first-order valence-electron chi connectivity index (χ1n) is 9.86. The van der Waals surface area contributed by atoms with Crippen LogP contribution in [0, 0.1) is 17.1 Å². The predicted octanol–water partition coefficient (Wildman–Crippen LogP) is 4.65. The Bertz CT molecular complexity index is 1270. The molecule has 32 heavy (non-hydrogen) atoms. The van der Waals surface area contributed by atoms with E-state index in [9.17, 15) is 18.1 Å². The smallest absolute Gasteiger partial charge is 0.243 e. The van der Waals surface area contributed by atoms with Crippen LogP contribution < -0.4 is 9.64 Å². The summed E-state index contributed by atoms with van der Waals surface area (Å²) in [5, 5.41) is 9.53. The Balaban J connectivity index is 1.46. The molecule has 3 aromatic carbocycles. The summed E-state index contributed by atoms with van der Waals surface area (Å²) in [6.07, 6.45) is 0. The van der Waals surface area contributed by atoms with Gasteiger partial charge in [-0.2, -0.15) is 9.57 Å². The van der Waals surface area contributed by atoms with Crippen LogP contribution >= 0.6 is 11.6 Å². The van der Waals surface area contributed by atoms with Crippen LogP contribution in [0.15, 0.2) is 71.6 Å². The molecule has 0 radical (unpaired) electrons. The average Bonchev–Trinajstić information content (AvgIpc) is 2.80. The zero-order chi connectivity index (χ0) is 22.7. The number of anilines is 1. The fourth-order valence-electron chi connectivity index (χ4n) is 3.53.